The van der Waals surface area contributed by atoms with Gasteiger partial charge in [0.2, 0.25) is 11.9 Å². The molecule has 0 bridgehead atoms. The molecule has 2 aliphatic rings. The number of anilines is 2. The Bertz CT molecular complexity index is 1250. The number of rotatable bonds is 4. The van der Waals surface area contributed by atoms with Gasteiger partial charge in [-0.1, -0.05) is 0 Å². The van der Waals surface area contributed by atoms with Gasteiger partial charge in [-0.3, -0.25) is 24.4 Å². The summed E-state index contributed by atoms with van der Waals surface area (Å²) in [5, 5.41) is 4.94. The highest BCUT2D eigenvalue weighted by Crippen LogP contribution is 2.30. The Kier molecular flexibility index (Phi) is 4.82. The van der Waals surface area contributed by atoms with Gasteiger partial charge in [-0.15, -0.1) is 11.3 Å². The molecule has 4 heterocycles. The average Bonchev–Trinajstić information content (AvgIpc) is 3.48. The molecule has 3 aromatic rings. The van der Waals surface area contributed by atoms with Crippen LogP contribution < -0.4 is 10.2 Å². The Balaban J connectivity index is 1.33. The second-order valence-electron chi connectivity index (χ2n) is 6.96. The molecule has 1 N–H and O–H groups in total. The average molecular weight is 504 g/mol. The maximum absolute atomic E-state index is 13.5. The number of imidazole rings is 1. The van der Waals surface area contributed by atoms with E-state index in [1.165, 1.54) is 33.2 Å². The van der Waals surface area contributed by atoms with Crippen LogP contribution in [-0.2, 0) is 11.3 Å². The van der Waals surface area contributed by atoms with E-state index in [0.29, 0.717) is 45.9 Å². The molecule has 2 amide bonds. The third-order valence-electron chi connectivity index (χ3n) is 4.98. The summed E-state index contributed by atoms with van der Waals surface area (Å²) in [6.07, 6.45) is 1.49. The van der Waals surface area contributed by atoms with Crippen molar-refractivity contribution in [1.82, 2.24) is 19.4 Å². The summed E-state index contributed by atoms with van der Waals surface area (Å²) in [7, 11) is 1.66. The van der Waals surface area contributed by atoms with Gasteiger partial charge in [-0.25, -0.2) is 14.4 Å². The minimum atomic E-state index is -0.358. The van der Waals surface area contributed by atoms with Crippen molar-refractivity contribution in [2.45, 2.75) is 6.54 Å². The number of halogens is 2. The van der Waals surface area contributed by atoms with Crippen molar-refractivity contribution in [3.63, 3.8) is 0 Å². The molecule has 0 saturated carbocycles. The second-order valence-corrected chi connectivity index (χ2v) is 8.67. The molecule has 5 rings (SSSR count). The van der Waals surface area contributed by atoms with Crippen LogP contribution >= 0.6 is 27.3 Å². The van der Waals surface area contributed by atoms with E-state index in [2.05, 4.69) is 36.2 Å². The topological polar surface area (TPSA) is 95.7 Å². The van der Waals surface area contributed by atoms with Gasteiger partial charge >= 0.3 is 0 Å². The molecule has 2 aliphatic heterocycles. The third-order valence-corrected chi connectivity index (χ3v) is 6.34. The molecule has 0 unspecified atom stereocenters. The van der Waals surface area contributed by atoms with Crippen molar-refractivity contribution < 1.29 is 14.0 Å². The number of amides is 2. The van der Waals surface area contributed by atoms with Gasteiger partial charge in [-0.2, -0.15) is 0 Å². The molecule has 0 atom stereocenters. The predicted octanol–water partition coefficient (Wildman–Crippen LogP) is 2.81. The van der Waals surface area contributed by atoms with Crippen molar-refractivity contribution >= 4 is 56.0 Å². The largest absolute Gasteiger partial charge is 0.315 e. The second kappa shape index (κ2) is 7.54. The van der Waals surface area contributed by atoms with Crippen LogP contribution in [0.25, 0.3) is 11.3 Å². The fraction of sp³-hybridized carbons (Fsp3) is 0.211. The lowest BCUT2D eigenvalue weighted by Crippen LogP contribution is -2.48. The summed E-state index contributed by atoms with van der Waals surface area (Å²) in [6, 6.07) is 4.60. The lowest BCUT2D eigenvalue weighted by Gasteiger charge is -2.30. The van der Waals surface area contributed by atoms with E-state index in [1.54, 1.807) is 24.6 Å². The summed E-state index contributed by atoms with van der Waals surface area (Å²) in [4.78, 5) is 41.8. The van der Waals surface area contributed by atoms with Crippen LogP contribution in [0.15, 0.2) is 39.4 Å². The molecule has 0 fully saturated rings. The van der Waals surface area contributed by atoms with Crippen LogP contribution in [-0.4, -0.2) is 57.3 Å². The van der Waals surface area contributed by atoms with Crippen molar-refractivity contribution in [2.24, 2.45) is 4.99 Å². The maximum Gasteiger partial charge on any atom is 0.280 e. The number of benzene rings is 1. The summed E-state index contributed by atoms with van der Waals surface area (Å²) in [6.45, 7) is 1.15. The minimum absolute atomic E-state index is 0.0841. The Morgan fingerprint density at radius 3 is 3.03 bits per heavy atom. The predicted molar refractivity (Wildman–Crippen MR) is 118 cm³/mol. The lowest BCUT2D eigenvalue weighted by molar-refractivity contribution is -0.116. The summed E-state index contributed by atoms with van der Waals surface area (Å²) >= 11 is 4.42. The van der Waals surface area contributed by atoms with E-state index in [9.17, 15) is 14.0 Å². The SMILES string of the molecule is CN1C(=O)c2c(ncn2CC(=O)Nc2nc(-c3ccc(F)c(Br)c3)cs2)N2CCN=C12. The zero-order chi connectivity index (χ0) is 21.7. The van der Waals surface area contributed by atoms with Gasteiger partial charge in [0.15, 0.2) is 16.6 Å². The third kappa shape index (κ3) is 3.41. The number of hydrogen-bond acceptors (Lipinski definition) is 7. The van der Waals surface area contributed by atoms with Crippen LogP contribution in [0.3, 0.4) is 0 Å². The van der Waals surface area contributed by atoms with Gasteiger partial charge < -0.3 is 9.88 Å². The maximum atomic E-state index is 13.5. The zero-order valence-electron chi connectivity index (χ0n) is 16.2. The molecular weight excluding hydrogens is 489 g/mol. The Hall–Kier alpha value is -3.12. The Morgan fingerprint density at radius 1 is 1.39 bits per heavy atom. The highest BCUT2D eigenvalue weighted by molar-refractivity contribution is 9.10. The van der Waals surface area contributed by atoms with Crippen molar-refractivity contribution in [2.75, 3.05) is 30.4 Å². The lowest BCUT2D eigenvalue weighted by atomic mass is 10.2. The standard InChI is InChI=1S/C19H15BrFN7O2S/c1-26-17(30)15-16(28-5-4-22-19(26)28)23-9-27(15)7-14(29)25-18-24-13(8-31-18)10-2-3-12(21)11(20)6-10/h2-3,6,8-9H,4-5,7H2,1H3,(H,24,25,29). The number of carbonyl (C=O) groups excluding carboxylic acids is 2. The first-order valence-electron chi connectivity index (χ1n) is 9.28. The summed E-state index contributed by atoms with van der Waals surface area (Å²) < 4.78 is 15.3. The van der Waals surface area contributed by atoms with E-state index >= 15 is 0 Å². The van der Waals surface area contributed by atoms with Crippen molar-refractivity contribution in [3.05, 3.63) is 45.9 Å². The fourth-order valence-corrected chi connectivity index (χ4v) is 4.63. The van der Waals surface area contributed by atoms with Gasteiger partial charge in [0.1, 0.15) is 12.4 Å². The number of nitrogens with zero attached hydrogens (tertiary/aromatic N) is 6. The molecule has 0 saturated heterocycles. The number of fused-ring (bicyclic) bond motifs is 3. The van der Waals surface area contributed by atoms with E-state index in [4.69, 9.17) is 0 Å². The highest BCUT2D eigenvalue weighted by atomic mass is 79.9. The van der Waals surface area contributed by atoms with Gasteiger partial charge in [-0.05, 0) is 34.1 Å². The highest BCUT2D eigenvalue weighted by Gasteiger charge is 2.38. The van der Waals surface area contributed by atoms with Crippen LogP contribution in [0.2, 0.25) is 0 Å². The normalized spacial score (nSPS) is 15.1. The first kappa shape index (κ1) is 19.8. The Labute approximate surface area is 188 Å². The molecule has 31 heavy (non-hydrogen) atoms. The van der Waals surface area contributed by atoms with Gasteiger partial charge in [0, 0.05) is 24.5 Å². The molecule has 12 heteroatoms. The van der Waals surface area contributed by atoms with Gasteiger partial charge in [0.05, 0.1) is 23.0 Å². The van der Waals surface area contributed by atoms with Gasteiger partial charge in [0.25, 0.3) is 5.91 Å². The van der Waals surface area contributed by atoms with E-state index < -0.39 is 0 Å². The van der Waals surface area contributed by atoms with Crippen LogP contribution in [0, 0.1) is 5.82 Å². The number of hydrogen-bond donors (Lipinski definition) is 1. The molecule has 0 spiro atoms. The number of nitrogens with one attached hydrogen (secondary N) is 1. The van der Waals surface area contributed by atoms with E-state index in [-0.39, 0.29) is 24.2 Å². The quantitative estimate of drug-likeness (QED) is 0.590. The first-order chi connectivity index (χ1) is 14.9. The molecule has 158 valence electrons. The van der Waals surface area contributed by atoms with Crippen LogP contribution in [0.1, 0.15) is 10.5 Å². The fourth-order valence-electron chi connectivity index (χ4n) is 3.51. The number of aromatic nitrogens is 3. The number of carbonyl (C=O) groups is 2. The van der Waals surface area contributed by atoms with Crippen molar-refractivity contribution in [1.29, 1.82) is 0 Å². The first-order valence-corrected chi connectivity index (χ1v) is 11.0. The molecule has 0 aliphatic carbocycles. The van der Waals surface area contributed by atoms with E-state index in [1.807, 2.05) is 4.90 Å². The van der Waals surface area contributed by atoms with Crippen LogP contribution in [0.5, 0.6) is 0 Å². The minimum Gasteiger partial charge on any atom is -0.315 e. The number of thiazole rings is 1. The molecule has 1 aromatic carbocycles. The molecule has 9 nitrogen and oxygen atoms in total. The smallest absolute Gasteiger partial charge is 0.280 e. The van der Waals surface area contributed by atoms with Crippen LogP contribution in [0.4, 0.5) is 15.3 Å². The number of aliphatic imine (C=N–C) groups is 1. The van der Waals surface area contributed by atoms with E-state index in [0.717, 1.165) is 5.56 Å². The molecular formula is C19H15BrFN7O2S. The summed E-state index contributed by atoms with van der Waals surface area (Å²) in [5.74, 6) is 0.151. The molecule has 2 aromatic heterocycles. The monoisotopic (exact) mass is 503 g/mol. The molecule has 0 radical (unpaired) electrons. The Morgan fingerprint density at radius 2 is 2.23 bits per heavy atom. The zero-order valence-corrected chi connectivity index (χ0v) is 18.6. The van der Waals surface area contributed by atoms with Crippen molar-refractivity contribution in [3.8, 4) is 11.3 Å². The summed E-state index contributed by atoms with van der Waals surface area (Å²) in [5.41, 5.74) is 1.71. The number of guanidine groups is 1.